The maximum atomic E-state index is 12.7. The molecule has 0 aliphatic carbocycles. The first-order valence-electron chi connectivity index (χ1n) is 8.43. The van der Waals surface area contributed by atoms with Crippen LogP contribution in [0.3, 0.4) is 0 Å². The van der Waals surface area contributed by atoms with Crippen LogP contribution >= 0.6 is 35.0 Å². The fourth-order valence-electron chi connectivity index (χ4n) is 2.66. The van der Waals surface area contributed by atoms with E-state index in [0.29, 0.717) is 38.6 Å². The summed E-state index contributed by atoms with van der Waals surface area (Å²) in [6.45, 7) is 2.45. The second kappa shape index (κ2) is 8.90. The molecule has 2 aromatic carbocycles. The second-order valence-electron chi connectivity index (χ2n) is 5.85. The molecule has 0 unspecified atom stereocenters. The average molecular weight is 438 g/mol. The van der Waals surface area contributed by atoms with Crippen LogP contribution in [0.2, 0.25) is 10.0 Å². The van der Waals surface area contributed by atoms with Gasteiger partial charge in [-0.3, -0.25) is 14.5 Å². The summed E-state index contributed by atoms with van der Waals surface area (Å²) in [6, 6.07) is 10.3. The van der Waals surface area contributed by atoms with Gasteiger partial charge in [0.2, 0.25) is 0 Å². The lowest BCUT2D eigenvalue weighted by atomic mass is 10.1. The van der Waals surface area contributed by atoms with Gasteiger partial charge in [-0.25, -0.2) is 0 Å². The van der Waals surface area contributed by atoms with E-state index in [-0.39, 0.29) is 17.7 Å². The molecule has 0 spiro atoms. The first-order valence-corrected chi connectivity index (χ1v) is 10.00. The highest BCUT2D eigenvalue weighted by Crippen LogP contribution is 2.36. The Hall–Kier alpha value is -2.15. The minimum atomic E-state index is -0.366. The third-order valence-electron chi connectivity index (χ3n) is 4.00. The molecule has 3 rings (SSSR count). The Balaban J connectivity index is 1.83. The van der Waals surface area contributed by atoms with Crippen LogP contribution in [0.1, 0.15) is 18.1 Å². The smallest absolute Gasteiger partial charge is 0.293 e. The molecular formula is C20H17Cl2NO4S. The lowest BCUT2D eigenvalue weighted by Gasteiger charge is -2.13. The molecule has 0 bridgehead atoms. The van der Waals surface area contributed by atoms with Gasteiger partial charge >= 0.3 is 0 Å². The zero-order valence-electron chi connectivity index (χ0n) is 15.2. The van der Waals surface area contributed by atoms with Gasteiger partial charge in [0.1, 0.15) is 0 Å². The first kappa shape index (κ1) is 20.6. The Kier molecular flexibility index (Phi) is 6.54. The summed E-state index contributed by atoms with van der Waals surface area (Å²) in [5, 5.41) is 0.556. The number of rotatable bonds is 6. The van der Waals surface area contributed by atoms with Crippen LogP contribution in [0.15, 0.2) is 41.3 Å². The number of hydrogen-bond donors (Lipinski definition) is 0. The Morgan fingerprint density at radius 2 is 1.89 bits per heavy atom. The number of amides is 2. The molecular weight excluding hydrogens is 421 g/mol. The highest BCUT2D eigenvalue weighted by molar-refractivity contribution is 8.18. The van der Waals surface area contributed by atoms with E-state index in [9.17, 15) is 9.59 Å². The summed E-state index contributed by atoms with van der Waals surface area (Å²) in [6.07, 6.45) is 1.66. The third-order valence-corrected chi connectivity index (χ3v) is 5.50. The molecule has 0 aromatic heterocycles. The van der Waals surface area contributed by atoms with Crippen LogP contribution < -0.4 is 9.47 Å². The molecule has 1 aliphatic heterocycles. The number of methoxy groups -OCH3 is 1. The largest absolute Gasteiger partial charge is 0.493 e. The number of benzene rings is 2. The number of nitrogens with zero attached hydrogens (tertiary/aromatic N) is 1. The molecule has 2 aromatic rings. The van der Waals surface area contributed by atoms with E-state index in [1.165, 1.54) is 4.90 Å². The van der Waals surface area contributed by atoms with Crippen molar-refractivity contribution in [2.24, 2.45) is 0 Å². The van der Waals surface area contributed by atoms with E-state index in [0.717, 1.165) is 17.3 Å². The standard InChI is InChI=1S/C20H17Cl2NO4S/c1-3-27-17-8-12(4-7-16(17)26-2)9-18-19(24)23(20(25)28-18)11-13-5-6-14(21)10-15(13)22/h4-10H,3,11H2,1-2H3/b18-9+. The number of ether oxygens (including phenoxy) is 2. The number of imide groups is 1. The van der Waals surface area contributed by atoms with Crippen molar-refractivity contribution in [3.8, 4) is 11.5 Å². The normalized spacial score (nSPS) is 15.4. The van der Waals surface area contributed by atoms with E-state index >= 15 is 0 Å². The van der Waals surface area contributed by atoms with Crippen molar-refractivity contribution in [1.29, 1.82) is 0 Å². The minimum absolute atomic E-state index is 0.0881. The maximum absolute atomic E-state index is 12.7. The molecule has 2 amide bonds. The average Bonchev–Trinajstić information content (AvgIpc) is 2.91. The predicted octanol–water partition coefficient (Wildman–Crippen LogP) is 5.64. The van der Waals surface area contributed by atoms with Gasteiger partial charge in [-0.2, -0.15) is 0 Å². The van der Waals surface area contributed by atoms with Crippen LogP contribution in [0.4, 0.5) is 4.79 Å². The zero-order chi connectivity index (χ0) is 20.3. The molecule has 0 N–H and O–H groups in total. The molecule has 1 saturated heterocycles. The van der Waals surface area contributed by atoms with Crippen molar-refractivity contribution >= 4 is 52.2 Å². The first-order chi connectivity index (χ1) is 13.4. The van der Waals surface area contributed by atoms with E-state index < -0.39 is 0 Å². The van der Waals surface area contributed by atoms with Crippen LogP contribution in [-0.4, -0.2) is 29.8 Å². The summed E-state index contributed by atoms with van der Waals surface area (Å²) in [5.41, 5.74) is 1.39. The topological polar surface area (TPSA) is 55.8 Å². The van der Waals surface area contributed by atoms with Crippen molar-refractivity contribution in [3.05, 3.63) is 62.5 Å². The molecule has 1 heterocycles. The fraction of sp³-hybridized carbons (Fsp3) is 0.200. The van der Waals surface area contributed by atoms with Crippen molar-refractivity contribution in [2.75, 3.05) is 13.7 Å². The van der Waals surface area contributed by atoms with Crippen molar-refractivity contribution in [3.63, 3.8) is 0 Å². The number of thioether (sulfide) groups is 1. The minimum Gasteiger partial charge on any atom is -0.493 e. The molecule has 146 valence electrons. The number of carbonyl (C=O) groups excluding carboxylic acids is 2. The lowest BCUT2D eigenvalue weighted by Crippen LogP contribution is -2.27. The summed E-state index contributed by atoms with van der Waals surface area (Å²) >= 11 is 13.0. The van der Waals surface area contributed by atoms with E-state index in [2.05, 4.69) is 0 Å². The van der Waals surface area contributed by atoms with Gasteiger partial charge in [0.25, 0.3) is 11.1 Å². The molecule has 1 fully saturated rings. The SMILES string of the molecule is CCOc1cc(/C=C2/SC(=O)N(Cc3ccc(Cl)cc3Cl)C2=O)ccc1OC. The Morgan fingerprint density at radius 1 is 1.11 bits per heavy atom. The lowest BCUT2D eigenvalue weighted by molar-refractivity contribution is -0.123. The number of hydrogen-bond acceptors (Lipinski definition) is 5. The summed E-state index contributed by atoms with van der Waals surface area (Å²) < 4.78 is 10.8. The summed E-state index contributed by atoms with van der Waals surface area (Å²) in [7, 11) is 1.56. The third kappa shape index (κ3) is 4.46. The van der Waals surface area contributed by atoms with E-state index in [4.69, 9.17) is 32.7 Å². The Morgan fingerprint density at radius 3 is 2.57 bits per heavy atom. The molecule has 8 heteroatoms. The monoisotopic (exact) mass is 437 g/mol. The van der Waals surface area contributed by atoms with Gasteiger partial charge in [-0.15, -0.1) is 0 Å². The van der Waals surface area contributed by atoms with Crippen LogP contribution in [0.5, 0.6) is 11.5 Å². The number of carbonyl (C=O) groups is 2. The molecule has 0 atom stereocenters. The molecule has 1 aliphatic rings. The summed E-state index contributed by atoms with van der Waals surface area (Å²) in [4.78, 5) is 26.6. The van der Waals surface area contributed by atoms with Gasteiger partial charge in [0.15, 0.2) is 11.5 Å². The molecule has 0 saturated carbocycles. The van der Waals surface area contributed by atoms with E-state index in [1.807, 2.05) is 6.92 Å². The van der Waals surface area contributed by atoms with Gasteiger partial charge in [-0.1, -0.05) is 35.3 Å². The predicted molar refractivity (Wildman–Crippen MR) is 112 cm³/mol. The van der Waals surface area contributed by atoms with Crippen LogP contribution in [0, 0.1) is 0 Å². The molecule has 0 radical (unpaired) electrons. The Bertz CT molecular complexity index is 961. The quantitative estimate of drug-likeness (QED) is 0.547. The maximum Gasteiger partial charge on any atom is 0.293 e. The number of halogens is 2. The van der Waals surface area contributed by atoms with Crippen LogP contribution in [0.25, 0.3) is 6.08 Å². The van der Waals surface area contributed by atoms with Crippen molar-refractivity contribution in [2.45, 2.75) is 13.5 Å². The molecule has 5 nitrogen and oxygen atoms in total. The Labute approximate surface area is 177 Å². The van der Waals surface area contributed by atoms with Gasteiger partial charge in [0, 0.05) is 10.0 Å². The van der Waals surface area contributed by atoms with Crippen molar-refractivity contribution < 1.29 is 19.1 Å². The van der Waals surface area contributed by atoms with E-state index in [1.54, 1.807) is 49.6 Å². The fourth-order valence-corrected chi connectivity index (χ4v) is 3.97. The van der Waals surface area contributed by atoms with Gasteiger partial charge in [0.05, 0.1) is 25.2 Å². The highest BCUT2D eigenvalue weighted by Gasteiger charge is 2.35. The van der Waals surface area contributed by atoms with Gasteiger partial charge < -0.3 is 9.47 Å². The highest BCUT2D eigenvalue weighted by atomic mass is 35.5. The zero-order valence-corrected chi connectivity index (χ0v) is 17.5. The summed E-state index contributed by atoms with van der Waals surface area (Å²) in [5.74, 6) is 0.810. The van der Waals surface area contributed by atoms with Gasteiger partial charge in [-0.05, 0) is 60.2 Å². The second-order valence-corrected chi connectivity index (χ2v) is 7.68. The molecule has 28 heavy (non-hydrogen) atoms. The van der Waals surface area contributed by atoms with Crippen LogP contribution in [-0.2, 0) is 11.3 Å². The van der Waals surface area contributed by atoms with Crippen molar-refractivity contribution in [1.82, 2.24) is 4.90 Å².